The Hall–Kier alpha value is -4.10. The highest BCUT2D eigenvalue weighted by molar-refractivity contribution is 7.12. The molecule has 198 valence electrons. The summed E-state index contributed by atoms with van der Waals surface area (Å²) in [6.07, 6.45) is 0. The molecular weight excluding hydrogens is 496 g/mol. The van der Waals surface area contributed by atoms with Crippen molar-refractivity contribution >= 4 is 23.6 Å². The van der Waals surface area contributed by atoms with Crippen LogP contribution in [0.5, 0.6) is 34.5 Å². The van der Waals surface area contributed by atoms with Gasteiger partial charge in [0, 0.05) is 22.5 Å². The second-order valence-electron chi connectivity index (χ2n) is 8.74. The molecule has 4 aromatic carbocycles. The van der Waals surface area contributed by atoms with Crippen LogP contribution < -0.4 is 44.0 Å². The molecule has 1 atom stereocenters. The minimum atomic E-state index is -3.09. The Morgan fingerprint density at radius 1 is 0.474 bits per heavy atom. The molecule has 0 spiro atoms. The van der Waals surface area contributed by atoms with Crippen molar-refractivity contribution in [3.8, 4) is 34.5 Å². The summed E-state index contributed by atoms with van der Waals surface area (Å²) in [6, 6.07) is 29.1. The predicted molar refractivity (Wildman–Crippen MR) is 153 cm³/mol. The van der Waals surface area contributed by atoms with E-state index in [2.05, 4.69) is 36.4 Å². The average Bonchev–Trinajstić information content (AvgIpc) is 2.99. The van der Waals surface area contributed by atoms with Gasteiger partial charge in [-0.15, -0.1) is 0 Å². The molecule has 4 aromatic rings. The summed E-state index contributed by atoms with van der Waals surface area (Å²) >= 11 is 0. The van der Waals surface area contributed by atoms with Crippen LogP contribution in [-0.4, -0.2) is 50.7 Å². The van der Waals surface area contributed by atoms with Crippen LogP contribution in [0.2, 0.25) is 0 Å². The van der Waals surface area contributed by atoms with Crippen molar-refractivity contribution in [3.05, 3.63) is 90.5 Å². The van der Waals surface area contributed by atoms with Crippen molar-refractivity contribution < 1.29 is 28.4 Å². The highest BCUT2D eigenvalue weighted by Gasteiger charge is 2.48. The van der Waals surface area contributed by atoms with Crippen molar-refractivity contribution in [3.63, 3.8) is 0 Å². The Labute approximate surface area is 225 Å². The topological polar surface area (TPSA) is 55.4 Å². The van der Waals surface area contributed by atoms with Crippen LogP contribution in [0, 0.1) is 0 Å². The van der Waals surface area contributed by atoms with Crippen molar-refractivity contribution in [1.82, 2.24) is 0 Å². The van der Waals surface area contributed by atoms with Gasteiger partial charge in [0.15, 0.2) is 8.07 Å². The molecule has 0 aliphatic rings. The summed E-state index contributed by atoms with van der Waals surface area (Å²) in [5.41, 5.74) is 1.13. The van der Waals surface area contributed by atoms with E-state index in [1.54, 1.807) is 42.7 Å². The largest absolute Gasteiger partial charge is 0.497 e. The van der Waals surface area contributed by atoms with E-state index in [1.165, 1.54) is 0 Å². The Morgan fingerprint density at radius 3 is 1.45 bits per heavy atom. The summed E-state index contributed by atoms with van der Waals surface area (Å²) in [5.74, 6) is 4.29. The van der Waals surface area contributed by atoms with Crippen LogP contribution in [0.3, 0.4) is 0 Å². The second-order valence-corrected chi connectivity index (χ2v) is 12.5. The maximum atomic E-state index is 6.07. The van der Waals surface area contributed by atoms with Gasteiger partial charge in [-0.2, -0.15) is 0 Å². The molecule has 7 heteroatoms. The van der Waals surface area contributed by atoms with E-state index in [4.69, 9.17) is 28.4 Å². The summed E-state index contributed by atoms with van der Waals surface area (Å²) in [4.78, 5) is 0. The molecule has 38 heavy (non-hydrogen) atoms. The number of ether oxygens (including phenoxy) is 6. The minimum Gasteiger partial charge on any atom is -0.497 e. The molecule has 6 nitrogen and oxygen atoms in total. The van der Waals surface area contributed by atoms with Gasteiger partial charge in [-0.1, -0.05) is 48.5 Å². The van der Waals surface area contributed by atoms with Crippen molar-refractivity contribution in [2.24, 2.45) is 0 Å². The lowest BCUT2D eigenvalue weighted by Crippen LogP contribution is -2.69. The van der Waals surface area contributed by atoms with Crippen molar-refractivity contribution in [1.29, 1.82) is 0 Å². The van der Waals surface area contributed by atoms with Gasteiger partial charge in [0.05, 0.1) is 42.7 Å². The van der Waals surface area contributed by atoms with Crippen LogP contribution in [0.4, 0.5) is 0 Å². The van der Waals surface area contributed by atoms with Gasteiger partial charge < -0.3 is 28.4 Å². The van der Waals surface area contributed by atoms with E-state index in [9.17, 15) is 0 Å². The Bertz CT molecular complexity index is 1310. The molecule has 0 bridgehead atoms. The highest BCUT2D eigenvalue weighted by atomic mass is 28.3. The van der Waals surface area contributed by atoms with Gasteiger partial charge in [-0.3, -0.25) is 0 Å². The number of hydrogen-bond donors (Lipinski definition) is 0. The zero-order valence-corrected chi connectivity index (χ0v) is 23.7. The smallest absolute Gasteiger partial charge is 0.171 e. The third-order valence-electron chi connectivity index (χ3n) is 6.89. The highest BCUT2D eigenvalue weighted by Crippen LogP contribution is 2.34. The quantitative estimate of drug-likeness (QED) is 0.216. The van der Waals surface area contributed by atoms with E-state index in [1.807, 2.05) is 48.5 Å². The maximum absolute atomic E-state index is 6.07. The molecule has 0 heterocycles. The number of methoxy groups -OCH3 is 6. The zero-order chi connectivity index (χ0) is 27.1. The van der Waals surface area contributed by atoms with Crippen LogP contribution in [-0.2, 0) is 6.04 Å². The molecular formula is C31H34O6Si. The minimum absolute atomic E-state index is 0.648. The fraction of sp³-hybridized carbons (Fsp3) is 0.226. The van der Waals surface area contributed by atoms with E-state index in [-0.39, 0.29) is 0 Å². The van der Waals surface area contributed by atoms with E-state index in [0.717, 1.165) is 38.4 Å². The monoisotopic (exact) mass is 530 g/mol. The van der Waals surface area contributed by atoms with Gasteiger partial charge in [-0.25, -0.2) is 0 Å². The molecule has 0 aliphatic heterocycles. The fourth-order valence-corrected chi connectivity index (χ4v) is 10.6. The first-order chi connectivity index (χ1) is 18.6. The third-order valence-corrected chi connectivity index (χ3v) is 11.8. The van der Waals surface area contributed by atoms with E-state index >= 15 is 0 Å². The Kier molecular flexibility index (Phi) is 8.48. The zero-order valence-electron chi connectivity index (χ0n) is 22.7. The van der Waals surface area contributed by atoms with Crippen LogP contribution in [0.15, 0.2) is 84.9 Å². The summed E-state index contributed by atoms with van der Waals surface area (Å²) in [6.45, 7) is 0. The maximum Gasteiger partial charge on any atom is 0.171 e. The first-order valence-electron chi connectivity index (χ1n) is 12.3. The van der Waals surface area contributed by atoms with Gasteiger partial charge in [0.1, 0.15) is 34.5 Å². The van der Waals surface area contributed by atoms with Gasteiger partial charge in [0.2, 0.25) is 0 Å². The second kappa shape index (κ2) is 12.0. The molecule has 0 amide bonds. The number of benzene rings is 4. The fourth-order valence-electron chi connectivity index (χ4n) is 5.16. The molecule has 0 aliphatic carbocycles. The predicted octanol–water partition coefficient (Wildman–Crippen LogP) is 3.99. The first-order valence-corrected chi connectivity index (χ1v) is 14.5. The summed E-state index contributed by atoms with van der Waals surface area (Å²) in [5, 5.41) is 3.11. The van der Waals surface area contributed by atoms with E-state index < -0.39 is 8.07 Å². The average molecular weight is 531 g/mol. The lowest BCUT2D eigenvalue weighted by atomic mass is 10.2. The van der Waals surface area contributed by atoms with Crippen LogP contribution in [0.25, 0.3) is 0 Å². The van der Waals surface area contributed by atoms with Crippen molar-refractivity contribution in [2.45, 2.75) is 6.04 Å². The lowest BCUT2D eigenvalue weighted by Gasteiger charge is -2.37. The number of rotatable bonds is 11. The third kappa shape index (κ3) is 4.89. The molecule has 0 saturated heterocycles. The molecule has 0 aromatic heterocycles. The summed E-state index contributed by atoms with van der Waals surface area (Å²) < 4.78 is 35.3. The molecule has 0 radical (unpaired) electrons. The number of hydrogen-bond acceptors (Lipinski definition) is 6. The standard InChI is InChI=1S/C31H34O6Si/c1-32-23-17-15-22(16-18-23)21-38(25-11-8-7-9-12-25,30-26(34-3)13-10-14-27(30)35-4)31-28(36-5)19-24(33-2)20-29(31)37-6/h7-20H,21H2,1-6H3. The van der Waals surface area contributed by atoms with Crippen LogP contribution >= 0.6 is 0 Å². The molecule has 0 N–H and O–H groups in total. The Balaban J connectivity index is 2.21. The lowest BCUT2D eigenvalue weighted by molar-refractivity contribution is 0.379. The van der Waals surface area contributed by atoms with E-state index in [0.29, 0.717) is 23.3 Å². The molecule has 0 fully saturated rings. The molecule has 4 rings (SSSR count). The van der Waals surface area contributed by atoms with Crippen molar-refractivity contribution in [2.75, 3.05) is 42.7 Å². The SMILES string of the molecule is COc1ccc(C[Si](c2ccccc2)(c2c(OC)cccc2OC)c2c(OC)cc(OC)cc2OC)cc1. The molecule has 1 unspecified atom stereocenters. The summed E-state index contributed by atoms with van der Waals surface area (Å²) in [7, 11) is 6.96. The van der Waals surface area contributed by atoms with Gasteiger partial charge in [-0.05, 0) is 41.1 Å². The molecule has 0 saturated carbocycles. The van der Waals surface area contributed by atoms with Gasteiger partial charge in [0.25, 0.3) is 0 Å². The normalized spacial score (nSPS) is 12.3. The Morgan fingerprint density at radius 2 is 0.974 bits per heavy atom. The first kappa shape index (κ1) is 26.9. The van der Waals surface area contributed by atoms with Gasteiger partial charge >= 0.3 is 0 Å². The van der Waals surface area contributed by atoms with Crippen LogP contribution in [0.1, 0.15) is 5.56 Å².